The molecule has 1 rings (SSSR count). The first kappa shape index (κ1) is 18.8. The van der Waals surface area contributed by atoms with Crippen molar-refractivity contribution in [1.29, 1.82) is 0 Å². The lowest BCUT2D eigenvalue weighted by Crippen LogP contribution is -2.33. The van der Waals surface area contributed by atoms with Crippen molar-refractivity contribution in [2.24, 2.45) is 0 Å². The van der Waals surface area contributed by atoms with Crippen LogP contribution in [0.1, 0.15) is 31.7 Å². The highest BCUT2D eigenvalue weighted by molar-refractivity contribution is 5.96. The Kier molecular flexibility index (Phi) is 7.94. The summed E-state index contributed by atoms with van der Waals surface area (Å²) in [6.07, 6.45) is 1.83. The van der Waals surface area contributed by atoms with Gasteiger partial charge in [0.2, 0.25) is 11.8 Å². The number of methoxy groups -OCH3 is 2. The molecule has 0 aliphatic heterocycles. The monoisotopic (exact) mass is 322 g/mol. The Labute approximate surface area is 137 Å². The number of amides is 2. The van der Waals surface area contributed by atoms with E-state index in [4.69, 9.17) is 9.47 Å². The second-order valence-corrected chi connectivity index (χ2v) is 5.31. The second-order valence-electron chi connectivity index (χ2n) is 5.31. The number of hydrogen-bond acceptors (Lipinski definition) is 4. The summed E-state index contributed by atoms with van der Waals surface area (Å²) in [4.78, 5) is 25.3. The van der Waals surface area contributed by atoms with Crippen molar-refractivity contribution >= 4 is 11.8 Å². The van der Waals surface area contributed by atoms with E-state index in [-0.39, 0.29) is 18.2 Å². The molecule has 0 heterocycles. The van der Waals surface area contributed by atoms with Crippen LogP contribution >= 0.6 is 0 Å². The van der Waals surface area contributed by atoms with Crippen LogP contribution in [-0.2, 0) is 16.1 Å². The Balaban J connectivity index is 2.48. The Hall–Kier alpha value is -2.24. The molecule has 0 saturated heterocycles. The van der Waals surface area contributed by atoms with E-state index in [0.29, 0.717) is 24.6 Å². The maximum Gasteiger partial charge on any atom is 0.231 e. The molecule has 0 radical (unpaired) electrons. The molecular weight excluding hydrogens is 296 g/mol. The number of hydrogen-bond donors (Lipinski definition) is 1. The molecule has 1 aromatic carbocycles. The number of rotatable bonds is 9. The van der Waals surface area contributed by atoms with Crippen LogP contribution in [0.2, 0.25) is 0 Å². The van der Waals surface area contributed by atoms with E-state index in [1.54, 1.807) is 38.3 Å². The molecule has 0 saturated carbocycles. The molecule has 2 amide bonds. The molecule has 1 N–H and O–H groups in total. The molecule has 1 aromatic rings. The molecule has 0 bridgehead atoms. The third kappa shape index (κ3) is 6.18. The highest BCUT2D eigenvalue weighted by Crippen LogP contribution is 2.27. The Morgan fingerprint density at radius 3 is 2.48 bits per heavy atom. The summed E-state index contributed by atoms with van der Waals surface area (Å²) in [6, 6.07) is 5.43. The average Bonchev–Trinajstić information content (AvgIpc) is 2.57. The number of carbonyl (C=O) groups is 2. The van der Waals surface area contributed by atoms with E-state index in [2.05, 4.69) is 12.2 Å². The largest absolute Gasteiger partial charge is 0.493 e. The predicted octanol–water partition coefficient (Wildman–Crippen LogP) is 1.97. The Morgan fingerprint density at radius 1 is 1.17 bits per heavy atom. The van der Waals surface area contributed by atoms with Gasteiger partial charge in [-0.3, -0.25) is 9.59 Å². The van der Waals surface area contributed by atoms with E-state index < -0.39 is 0 Å². The van der Waals surface area contributed by atoms with Gasteiger partial charge in [-0.1, -0.05) is 19.4 Å². The van der Waals surface area contributed by atoms with Gasteiger partial charge in [-0.05, 0) is 24.1 Å². The van der Waals surface area contributed by atoms with Crippen molar-refractivity contribution in [3.8, 4) is 11.5 Å². The number of ether oxygens (including phenoxy) is 2. The van der Waals surface area contributed by atoms with Gasteiger partial charge in [0.1, 0.15) is 6.42 Å². The molecule has 6 heteroatoms. The molecule has 0 spiro atoms. The molecule has 0 fully saturated rings. The maximum absolute atomic E-state index is 11.9. The summed E-state index contributed by atoms with van der Waals surface area (Å²) < 4.78 is 10.4. The molecule has 0 aromatic heterocycles. The summed E-state index contributed by atoms with van der Waals surface area (Å²) >= 11 is 0. The molecular formula is C17H26N2O4. The number of nitrogens with one attached hydrogen (secondary N) is 1. The smallest absolute Gasteiger partial charge is 0.231 e. The van der Waals surface area contributed by atoms with Crippen molar-refractivity contribution in [2.45, 2.75) is 32.7 Å². The molecule has 0 aliphatic carbocycles. The van der Waals surface area contributed by atoms with Gasteiger partial charge >= 0.3 is 0 Å². The molecule has 0 unspecified atom stereocenters. The highest BCUT2D eigenvalue weighted by Gasteiger charge is 2.13. The number of benzene rings is 1. The fourth-order valence-electron chi connectivity index (χ4n) is 2.05. The van der Waals surface area contributed by atoms with Crippen LogP contribution in [0.15, 0.2) is 18.2 Å². The van der Waals surface area contributed by atoms with E-state index in [0.717, 1.165) is 18.4 Å². The zero-order valence-electron chi connectivity index (χ0n) is 14.3. The minimum atomic E-state index is -0.284. The van der Waals surface area contributed by atoms with E-state index in [9.17, 15) is 9.59 Å². The van der Waals surface area contributed by atoms with Gasteiger partial charge in [-0.2, -0.15) is 0 Å². The number of carbonyl (C=O) groups excluding carboxylic acids is 2. The summed E-state index contributed by atoms with van der Waals surface area (Å²) in [5.74, 6) is 0.793. The van der Waals surface area contributed by atoms with Crippen molar-refractivity contribution in [3.63, 3.8) is 0 Å². The minimum absolute atomic E-state index is 0.131. The van der Waals surface area contributed by atoms with Gasteiger partial charge in [0, 0.05) is 20.1 Å². The zero-order valence-corrected chi connectivity index (χ0v) is 14.3. The Bertz CT molecular complexity index is 531. The first-order chi connectivity index (χ1) is 11.0. The first-order valence-electron chi connectivity index (χ1n) is 7.73. The van der Waals surface area contributed by atoms with E-state index in [1.807, 2.05) is 6.07 Å². The summed E-state index contributed by atoms with van der Waals surface area (Å²) in [5, 5.41) is 2.75. The number of unbranched alkanes of at least 4 members (excludes halogenated alkanes) is 1. The molecule has 128 valence electrons. The van der Waals surface area contributed by atoms with Crippen molar-refractivity contribution in [3.05, 3.63) is 23.8 Å². The van der Waals surface area contributed by atoms with Gasteiger partial charge in [-0.15, -0.1) is 0 Å². The van der Waals surface area contributed by atoms with Gasteiger partial charge < -0.3 is 19.7 Å². The van der Waals surface area contributed by atoms with Crippen LogP contribution < -0.4 is 14.8 Å². The fourth-order valence-corrected chi connectivity index (χ4v) is 2.05. The summed E-state index contributed by atoms with van der Waals surface area (Å²) in [5.41, 5.74) is 0.878. The van der Waals surface area contributed by atoms with Crippen molar-refractivity contribution in [2.75, 3.05) is 27.8 Å². The molecule has 0 aliphatic rings. The topological polar surface area (TPSA) is 67.9 Å². The van der Waals surface area contributed by atoms with Crippen molar-refractivity contribution in [1.82, 2.24) is 10.2 Å². The van der Waals surface area contributed by atoms with Crippen LogP contribution in [0.5, 0.6) is 11.5 Å². The standard InChI is InChI=1S/C17H26N2O4/c1-5-6-9-19(2)17(21)11-16(20)18-12-13-7-8-14(22-3)15(10-13)23-4/h7-8,10H,5-6,9,11-12H2,1-4H3,(H,18,20). The minimum Gasteiger partial charge on any atom is -0.493 e. The van der Waals surface area contributed by atoms with Crippen LogP contribution in [0, 0.1) is 0 Å². The lowest BCUT2D eigenvalue weighted by atomic mass is 10.2. The summed E-state index contributed by atoms with van der Waals surface area (Å²) in [6.45, 7) is 3.08. The fraction of sp³-hybridized carbons (Fsp3) is 0.529. The van der Waals surface area contributed by atoms with E-state index >= 15 is 0 Å². The Morgan fingerprint density at radius 2 is 1.87 bits per heavy atom. The molecule has 23 heavy (non-hydrogen) atoms. The first-order valence-corrected chi connectivity index (χ1v) is 7.73. The quantitative estimate of drug-likeness (QED) is 0.706. The third-order valence-electron chi connectivity index (χ3n) is 3.52. The predicted molar refractivity (Wildman–Crippen MR) is 88.6 cm³/mol. The molecule has 0 atom stereocenters. The normalized spacial score (nSPS) is 10.1. The third-order valence-corrected chi connectivity index (χ3v) is 3.52. The van der Waals surface area contributed by atoms with Crippen LogP contribution in [0.3, 0.4) is 0 Å². The van der Waals surface area contributed by atoms with Crippen LogP contribution in [0.4, 0.5) is 0 Å². The van der Waals surface area contributed by atoms with Gasteiger partial charge in [0.15, 0.2) is 11.5 Å². The highest BCUT2D eigenvalue weighted by atomic mass is 16.5. The second kappa shape index (κ2) is 9.71. The lowest BCUT2D eigenvalue weighted by Gasteiger charge is -2.16. The molecule has 6 nitrogen and oxygen atoms in total. The number of nitrogens with zero attached hydrogens (tertiary/aromatic N) is 1. The van der Waals surface area contributed by atoms with Gasteiger partial charge in [0.05, 0.1) is 14.2 Å². The average molecular weight is 322 g/mol. The van der Waals surface area contributed by atoms with Crippen molar-refractivity contribution < 1.29 is 19.1 Å². The van der Waals surface area contributed by atoms with Crippen LogP contribution in [-0.4, -0.2) is 44.5 Å². The zero-order chi connectivity index (χ0) is 17.2. The maximum atomic E-state index is 11.9. The lowest BCUT2D eigenvalue weighted by molar-refractivity contribution is -0.135. The van der Waals surface area contributed by atoms with Gasteiger partial charge in [0.25, 0.3) is 0 Å². The van der Waals surface area contributed by atoms with E-state index in [1.165, 1.54) is 0 Å². The SMILES string of the molecule is CCCCN(C)C(=O)CC(=O)NCc1ccc(OC)c(OC)c1. The summed E-state index contributed by atoms with van der Waals surface area (Å²) in [7, 11) is 4.85. The van der Waals surface area contributed by atoms with Gasteiger partial charge in [-0.25, -0.2) is 0 Å². The van der Waals surface area contributed by atoms with Crippen LogP contribution in [0.25, 0.3) is 0 Å².